The lowest BCUT2D eigenvalue weighted by molar-refractivity contribution is 0.220. The van der Waals surface area contributed by atoms with Crippen LogP contribution in [0, 0.1) is 12.8 Å². The Kier molecular flexibility index (Phi) is 4.26. The van der Waals surface area contributed by atoms with Crippen LogP contribution in [0.2, 0.25) is 10.2 Å². The van der Waals surface area contributed by atoms with Gasteiger partial charge in [-0.25, -0.2) is 4.98 Å². The van der Waals surface area contributed by atoms with Gasteiger partial charge < -0.3 is 5.11 Å². The summed E-state index contributed by atoms with van der Waals surface area (Å²) >= 11 is 12.3. The van der Waals surface area contributed by atoms with Gasteiger partial charge in [0.05, 0.1) is 0 Å². The van der Waals surface area contributed by atoms with E-state index in [4.69, 9.17) is 28.3 Å². The summed E-state index contributed by atoms with van der Waals surface area (Å²) in [6, 6.07) is 1.84. The molecule has 2 heterocycles. The van der Waals surface area contributed by atoms with Crippen molar-refractivity contribution in [1.82, 2.24) is 9.88 Å². The molecule has 2 rings (SSSR count). The number of halogens is 2. The molecule has 17 heavy (non-hydrogen) atoms. The number of aryl methyl sites for hydroxylation is 1. The molecule has 3 nitrogen and oxygen atoms in total. The number of rotatable bonds is 3. The van der Waals surface area contributed by atoms with Crippen molar-refractivity contribution in [2.45, 2.75) is 19.9 Å². The lowest BCUT2D eigenvalue weighted by atomic mass is 10.1. The molecule has 1 atom stereocenters. The number of aliphatic hydroxyl groups excluding tert-OH is 1. The van der Waals surface area contributed by atoms with Crippen molar-refractivity contribution in [3.63, 3.8) is 0 Å². The molecule has 1 aromatic rings. The monoisotopic (exact) mass is 274 g/mol. The van der Waals surface area contributed by atoms with E-state index in [1.54, 1.807) is 0 Å². The maximum Gasteiger partial charge on any atom is 0.135 e. The van der Waals surface area contributed by atoms with Crippen LogP contribution in [0.15, 0.2) is 6.07 Å². The Balaban J connectivity index is 2.09. The largest absolute Gasteiger partial charge is 0.396 e. The van der Waals surface area contributed by atoms with Crippen LogP contribution in [0.4, 0.5) is 0 Å². The highest BCUT2D eigenvalue weighted by Crippen LogP contribution is 2.27. The smallest absolute Gasteiger partial charge is 0.135 e. The first-order valence-corrected chi connectivity index (χ1v) is 6.50. The Morgan fingerprint density at radius 1 is 1.53 bits per heavy atom. The van der Waals surface area contributed by atoms with Gasteiger partial charge in [-0.3, -0.25) is 4.90 Å². The van der Waals surface area contributed by atoms with Crippen molar-refractivity contribution >= 4 is 23.2 Å². The number of hydrogen-bond donors (Lipinski definition) is 1. The minimum Gasteiger partial charge on any atom is -0.396 e. The average Bonchev–Trinajstić information content (AvgIpc) is 2.71. The van der Waals surface area contributed by atoms with E-state index in [2.05, 4.69) is 9.88 Å². The number of pyridine rings is 1. The summed E-state index contributed by atoms with van der Waals surface area (Å²) in [6.45, 7) is 4.72. The third-order valence-electron chi connectivity index (χ3n) is 3.16. The molecule has 1 aliphatic rings. The van der Waals surface area contributed by atoms with Crippen molar-refractivity contribution in [2.75, 3.05) is 19.7 Å². The number of likely N-dealkylation sites (tertiary alicyclic amines) is 1. The van der Waals surface area contributed by atoms with E-state index >= 15 is 0 Å². The second-order valence-corrected chi connectivity index (χ2v) is 5.35. The van der Waals surface area contributed by atoms with E-state index in [1.807, 2.05) is 13.0 Å². The first-order valence-electron chi connectivity index (χ1n) is 5.75. The number of aromatic nitrogens is 1. The minimum absolute atomic E-state index is 0.254. The number of hydrogen-bond acceptors (Lipinski definition) is 3. The summed E-state index contributed by atoms with van der Waals surface area (Å²) < 4.78 is 0. The molecule has 0 amide bonds. The standard InChI is InChI=1S/C12H16Cl2N2O/c1-8-4-11(13)10(12(14)15-8)6-16-3-2-9(5-16)7-17/h4,9,17H,2-3,5-7H2,1H3. The third kappa shape index (κ3) is 3.10. The summed E-state index contributed by atoms with van der Waals surface area (Å²) in [5.41, 5.74) is 1.72. The highest BCUT2D eigenvalue weighted by Gasteiger charge is 2.23. The number of nitrogens with zero attached hydrogens (tertiary/aromatic N) is 2. The first kappa shape index (κ1) is 13.1. The van der Waals surface area contributed by atoms with Crippen LogP contribution >= 0.6 is 23.2 Å². The molecule has 5 heteroatoms. The first-order chi connectivity index (χ1) is 8.10. The highest BCUT2D eigenvalue weighted by molar-refractivity contribution is 6.35. The Morgan fingerprint density at radius 2 is 2.29 bits per heavy atom. The van der Waals surface area contributed by atoms with Gasteiger partial charge in [-0.1, -0.05) is 23.2 Å². The molecule has 1 saturated heterocycles. The molecule has 1 N–H and O–H groups in total. The Hall–Kier alpha value is -0.350. The molecule has 94 valence electrons. The topological polar surface area (TPSA) is 36.4 Å². The van der Waals surface area contributed by atoms with Gasteiger partial charge in [0.15, 0.2) is 0 Å². The average molecular weight is 275 g/mol. The molecular weight excluding hydrogens is 259 g/mol. The van der Waals surface area contributed by atoms with Crippen molar-refractivity contribution in [3.05, 3.63) is 27.5 Å². The summed E-state index contributed by atoms with van der Waals surface area (Å²) in [7, 11) is 0. The lowest BCUT2D eigenvalue weighted by Crippen LogP contribution is -2.21. The Morgan fingerprint density at radius 3 is 2.88 bits per heavy atom. The molecule has 0 aliphatic carbocycles. The zero-order chi connectivity index (χ0) is 12.4. The van der Waals surface area contributed by atoms with Crippen LogP contribution in [-0.4, -0.2) is 34.7 Å². The Labute approximate surface area is 111 Å². The lowest BCUT2D eigenvalue weighted by Gasteiger charge is -2.17. The van der Waals surface area contributed by atoms with Gasteiger partial charge in [0.25, 0.3) is 0 Å². The summed E-state index contributed by atoms with van der Waals surface area (Å²) in [5, 5.41) is 10.3. The van der Waals surface area contributed by atoms with E-state index < -0.39 is 0 Å². The fourth-order valence-corrected chi connectivity index (χ4v) is 2.84. The van der Waals surface area contributed by atoms with Crippen LogP contribution in [0.1, 0.15) is 17.7 Å². The van der Waals surface area contributed by atoms with Crippen molar-refractivity contribution in [2.24, 2.45) is 5.92 Å². The molecule has 1 aliphatic heterocycles. The molecule has 1 aromatic heterocycles. The third-order valence-corrected chi connectivity index (χ3v) is 3.81. The zero-order valence-electron chi connectivity index (χ0n) is 9.79. The van der Waals surface area contributed by atoms with Gasteiger partial charge in [-0.2, -0.15) is 0 Å². The van der Waals surface area contributed by atoms with E-state index in [9.17, 15) is 0 Å². The van der Waals surface area contributed by atoms with Gasteiger partial charge in [0.2, 0.25) is 0 Å². The molecular formula is C12H16Cl2N2O. The molecule has 0 radical (unpaired) electrons. The fraction of sp³-hybridized carbons (Fsp3) is 0.583. The molecule has 0 saturated carbocycles. The summed E-state index contributed by atoms with van der Waals surface area (Å²) in [5.74, 6) is 0.381. The van der Waals surface area contributed by atoms with E-state index in [0.717, 1.165) is 30.8 Å². The maximum atomic E-state index is 9.10. The van der Waals surface area contributed by atoms with Gasteiger partial charge in [0, 0.05) is 36.0 Å². The fourth-order valence-electron chi connectivity index (χ4n) is 2.19. The predicted molar refractivity (Wildman–Crippen MR) is 69.5 cm³/mol. The van der Waals surface area contributed by atoms with Crippen molar-refractivity contribution in [1.29, 1.82) is 0 Å². The van der Waals surface area contributed by atoms with Crippen LogP contribution < -0.4 is 0 Å². The number of aliphatic hydroxyl groups is 1. The molecule has 0 spiro atoms. The second-order valence-electron chi connectivity index (χ2n) is 4.59. The van der Waals surface area contributed by atoms with Crippen molar-refractivity contribution < 1.29 is 5.11 Å². The van der Waals surface area contributed by atoms with E-state index in [0.29, 0.717) is 22.6 Å². The SMILES string of the molecule is Cc1cc(Cl)c(CN2CCC(CO)C2)c(Cl)n1. The van der Waals surface area contributed by atoms with Crippen LogP contribution in [0.5, 0.6) is 0 Å². The van der Waals surface area contributed by atoms with Crippen LogP contribution in [-0.2, 0) is 6.54 Å². The van der Waals surface area contributed by atoms with Gasteiger partial charge in [-0.15, -0.1) is 0 Å². The maximum absolute atomic E-state index is 9.10. The second kappa shape index (κ2) is 5.53. The Bertz CT molecular complexity index is 388. The molecule has 0 bridgehead atoms. The molecule has 1 fully saturated rings. The van der Waals surface area contributed by atoms with Crippen molar-refractivity contribution in [3.8, 4) is 0 Å². The molecule has 1 unspecified atom stereocenters. The van der Waals surface area contributed by atoms with Gasteiger partial charge >= 0.3 is 0 Å². The predicted octanol–water partition coefficient (Wildman–Crippen LogP) is 2.51. The minimum atomic E-state index is 0.254. The quantitative estimate of drug-likeness (QED) is 0.861. The van der Waals surface area contributed by atoms with Crippen LogP contribution in [0.3, 0.4) is 0 Å². The molecule has 0 aromatic carbocycles. The zero-order valence-corrected chi connectivity index (χ0v) is 11.3. The summed E-state index contributed by atoms with van der Waals surface area (Å²) in [6.07, 6.45) is 1.03. The van der Waals surface area contributed by atoms with E-state index in [1.165, 1.54) is 0 Å². The summed E-state index contributed by atoms with van der Waals surface area (Å²) in [4.78, 5) is 6.48. The van der Waals surface area contributed by atoms with Gasteiger partial charge in [0.1, 0.15) is 5.15 Å². The van der Waals surface area contributed by atoms with E-state index in [-0.39, 0.29) is 6.61 Å². The van der Waals surface area contributed by atoms with Gasteiger partial charge in [-0.05, 0) is 31.9 Å². The normalized spacial score (nSPS) is 21.1. The highest BCUT2D eigenvalue weighted by atomic mass is 35.5. The van der Waals surface area contributed by atoms with Crippen LogP contribution in [0.25, 0.3) is 0 Å².